The van der Waals surface area contributed by atoms with Crippen molar-refractivity contribution in [2.75, 3.05) is 52.5 Å². The number of ether oxygens (including phenoxy) is 4. The van der Waals surface area contributed by atoms with E-state index >= 15 is 0 Å². The highest BCUT2D eigenvalue weighted by molar-refractivity contribution is 5.93. The molecule has 0 saturated carbocycles. The summed E-state index contributed by atoms with van der Waals surface area (Å²) in [7, 11) is 3.23. The lowest BCUT2D eigenvalue weighted by molar-refractivity contribution is 0.132. The topological polar surface area (TPSA) is 130 Å². The van der Waals surface area contributed by atoms with E-state index in [2.05, 4.69) is 15.3 Å². The van der Waals surface area contributed by atoms with Crippen LogP contribution < -0.4 is 26.4 Å². The van der Waals surface area contributed by atoms with Gasteiger partial charge in [-0.25, -0.2) is 20.2 Å². The van der Waals surface area contributed by atoms with Crippen molar-refractivity contribution in [3.8, 4) is 11.5 Å². The van der Waals surface area contributed by atoms with Gasteiger partial charge in [0.15, 0.2) is 11.5 Å². The second kappa shape index (κ2) is 14.8. The largest absolute Gasteiger partial charge is 0.487 e. The van der Waals surface area contributed by atoms with Crippen molar-refractivity contribution in [3.63, 3.8) is 0 Å². The van der Waals surface area contributed by atoms with Crippen LogP contribution in [-0.2, 0) is 15.9 Å². The van der Waals surface area contributed by atoms with E-state index < -0.39 is 0 Å². The molecule has 0 saturated heterocycles. The summed E-state index contributed by atoms with van der Waals surface area (Å²) >= 11 is 0. The Morgan fingerprint density at radius 1 is 0.927 bits per heavy atom. The molecule has 1 aromatic heterocycles. The highest BCUT2D eigenvalue weighted by Gasteiger charge is 2.13. The Morgan fingerprint density at radius 2 is 1.66 bits per heavy atom. The molecule has 0 aliphatic carbocycles. The molecule has 11 heteroatoms. The highest BCUT2D eigenvalue weighted by atomic mass is 19.1. The minimum Gasteiger partial charge on any atom is -0.487 e. The molecule has 0 spiro atoms. The Morgan fingerprint density at radius 3 is 2.39 bits per heavy atom. The number of nitrogens with zero attached hydrogens (tertiary/aromatic N) is 3. The van der Waals surface area contributed by atoms with E-state index in [0.29, 0.717) is 67.9 Å². The van der Waals surface area contributed by atoms with Crippen LogP contribution in [0.3, 0.4) is 0 Å². The minimum atomic E-state index is -0.271. The van der Waals surface area contributed by atoms with Gasteiger partial charge in [-0.2, -0.15) is 0 Å². The molecular weight excluding hydrogens is 527 g/mol. The van der Waals surface area contributed by atoms with E-state index in [9.17, 15) is 4.39 Å². The maximum Gasteiger partial charge on any atom is 0.163 e. The SMILES string of the molecule is COCCOc1cc2ncnc(Nc3cccc(/C(N)=C/N(N)CCc4cccc(F)c4)c3)c2cc1OCCOC. The molecular formula is C30H35FN6O4. The first-order valence-corrected chi connectivity index (χ1v) is 13.1. The Balaban J connectivity index is 1.52. The monoisotopic (exact) mass is 562 g/mol. The number of hydrogen-bond acceptors (Lipinski definition) is 10. The van der Waals surface area contributed by atoms with Crippen LogP contribution in [0.1, 0.15) is 11.1 Å². The molecule has 0 amide bonds. The van der Waals surface area contributed by atoms with E-state index in [1.165, 1.54) is 23.5 Å². The van der Waals surface area contributed by atoms with Gasteiger partial charge < -0.3 is 35.0 Å². The number of hydrazine groups is 1. The van der Waals surface area contributed by atoms with E-state index in [1.54, 1.807) is 26.5 Å². The summed E-state index contributed by atoms with van der Waals surface area (Å²) in [6.45, 7) is 2.06. The number of aromatic nitrogens is 2. The molecule has 0 atom stereocenters. The molecule has 0 fully saturated rings. The first kappa shape index (κ1) is 29.5. The molecule has 216 valence electrons. The van der Waals surface area contributed by atoms with Crippen LogP contribution in [0.15, 0.2) is 73.2 Å². The van der Waals surface area contributed by atoms with Crippen LogP contribution in [0.4, 0.5) is 15.9 Å². The Hall–Kier alpha value is -4.45. The van der Waals surface area contributed by atoms with Crippen molar-refractivity contribution in [2.24, 2.45) is 11.6 Å². The molecule has 10 nitrogen and oxygen atoms in total. The predicted octanol–water partition coefficient (Wildman–Crippen LogP) is 4.24. The lowest BCUT2D eigenvalue weighted by Gasteiger charge is -2.16. The van der Waals surface area contributed by atoms with Crippen LogP contribution in [0.25, 0.3) is 16.6 Å². The van der Waals surface area contributed by atoms with Gasteiger partial charge in [0, 0.05) is 49.7 Å². The van der Waals surface area contributed by atoms with E-state index in [1.807, 2.05) is 42.5 Å². The number of benzene rings is 3. The maximum absolute atomic E-state index is 13.4. The standard InChI is InChI=1S/C30H35FN6O4/c1-38-11-13-40-28-17-25-27(18-29(28)41-14-12-39-2)34-20-35-30(25)36-24-8-4-6-22(16-24)26(32)19-37(33)10-9-21-5-3-7-23(31)15-21/h3-8,15-20H,9-14,32-33H2,1-2H3,(H,34,35,36)/b26-19-. The van der Waals surface area contributed by atoms with Crippen molar-refractivity contribution >= 4 is 28.1 Å². The zero-order valence-electron chi connectivity index (χ0n) is 23.2. The number of nitrogens with one attached hydrogen (secondary N) is 1. The molecule has 0 unspecified atom stereocenters. The zero-order valence-corrected chi connectivity index (χ0v) is 23.2. The minimum absolute atomic E-state index is 0.271. The molecule has 4 rings (SSSR count). The van der Waals surface area contributed by atoms with Crippen LogP contribution in [-0.4, -0.2) is 62.2 Å². The summed E-state index contributed by atoms with van der Waals surface area (Å²) in [5.74, 6) is 7.56. The van der Waals surface area contributed by atoms with Crippen LogP contribution in [0.5, 0.6) is 11.5 Å². The Kier molecular flexibility index (Phi) is 10.7. The molecule has 0 radical (unpaired) electrons. The number of fused-ring (bicyclic) bond motifs is 1. The molecule has 0 aliphatic heterocycles. The lowest BCUT2D eigenvalue weighted by Crippen LogP contribution is -2.28. The van der Waals surface area contributed by atoms with Gasteiger partial charge in [0.05, 0.1) is 24.4 Å². The summed E-state index contributed by atoms with van der Waals surface area (Å²) in [5, 5.41) is 5.60. The molecule has 0 bridgehead atoms. The average molecular weight is 563 g/mol. The van der Waals surface area contributed by atoms with Gasteiger partial charge in [0.1, 0.15) is 31.2 Å². The van der Waals surface area contributed by atoms with Crippen molar-refractivity contribution in [3.05, 3.63) is 90.1 Å². The Labute approximate surface area is 238 Å². The number of anilines is 2. The molecule has 3 aromatic carbocycles. The average Bonchev–Trinajstić information content (AvgIpc) is 2.97. The summed E-state index contributed by atoms with van der Waals surface area (Å²) < 4.78 is 35.5. The third kappa shape index (κ3) is 8.52. The van der Waals surface area contributed by atoms with Crippen molar-refractivity contribution in [2.45, 2.75) is 6.42 Å². The fraction of sp³-hybridized carbons (Fsp3) is 0.267. The number of rotatable bonds is 15. The molecule has 41 heavy (non-hydrogen) atoms. The van der Waals surface area contributed by atoms with Gasteiger partial charge >= 0.3 is 0 Å². The van der Waals surface area contributed by atoms with Gasteiger partial charge in [-0.15, -0.1) is 0 Å². The highest BCUT2D eigenvalue weighted by Crippen LogP contribution is 2.35. The summed E-state index contributed by atoms with van der Waals surface area (Å²) in [6, 6.07) is 17.7. The zero-order chi connectivity index (χ0) is 29.0. The summed E-state index contributed by atoms with van der Waals surface area (Å²) in [5.41, 5.74) is 9.92. The van der Waals surface area contributed by atoms with E-state index in [4.69, 9.17) is 30.5 Å². The Bertz CT molecular complexity index is 1470. The smallest absolute Gasteiger partial charge is 0.163 e. The third-order valence-electron chi connectivity index (χ3n) is 6.10. The lowest BCUT2D eigenvalue weighted by atomic mass is 10.1. The van der Waals surface area contributed by atoms with Gasteiger partial charge in [0.2, 0.25) is 0 Å². The van der Waals surface area contributed by atoms with Crippen LogP contribution in [0.2, 0.25) is 0 Å². The first-order chi connectivity index (χ1) is 20.0. The number of halogens is 1. The van der Waals surface area contributed by atoms with Crippen molar-refractivity contribution in [1.82, 2.24) is 15.0 Å². The normalized spacial score (nSPS) is 11.5. The number of hydrogen-bond donors (Lipinski definition) is 3. The van der Waals surface area contributed by atoms with E-state index in [-0.39, 0.29) is 5.82 Å². The van der Waals surface area contributed by atoms with Gasteiger partial charge in [0.25, 0.3) is 0 Å². The molecule has 5 N–H and O–H groups in total. The fourth-order valence-electron chi connectivity index (χ4n) is 4.04. The van der Waals surface area contributed by atoms with Gasteiger partial charge in [-0.05, 0) is 42.3 Å². The second-order valence-corrected chi connectivity index (χ2v) is 9.13. The number of methoxy groups -OCH3 is 2. The number of nitrogens with two attached hydrogens (primary N) is 2. The summed E-state index contributed by atoms with van der Waals surface area (Å²) in [6.07, 6.45) is 3.72. The third-order valence-corrected chi connectivity index (χ3v) is 6.10. The van der Waals surface area contributed by atoms with Crippen molar-refractivity contribution < 1.29 is 23.3 Å². The van der Waals surface area contributed by atoms with Crippen LogP contribution in [0, 0.1) is 5.82 Å². The predicted molar refractivity (Wildman–Crippen MR) is 157 cm³/mol. The maximum atomic E-state index is 13.4. The quantitative estimate of drug-likeness (QED) is 0.110. The first-order valence-electron chi connectivity index (χ1n) is 13.1. The molecule has 1 heterocycles. The second-order valence-electron chi connectivity index (χ2n) is 9.13. The van der Waals surface area contributed by atoms with E-state index in [0.717, 1.165) is 22.2 Å². The molecule has 4 aromatic rings. The van der Waals surface area contributed by atoms with Crippen LogP contribution >= 0.6 is 0 Å². The van der Waals surface area contributed by atoms with Crippen molar-refractivity contribution in [1.29, 1.82) is 0 Å². The molecule has 0 aliphatic rings. The fourth-order valence-corrected chi connectivity index (χ4v) is 4.04. The van der Waals surface area contributed by atoms with Gasteiger partial charge in [-0.3, -0.25) is 0 Å². The summed E-state index contributed by atoms with van der Waals surface area (Å²) in [4.78, 5) is 8.88. The van der Waals surface area contributed by atoms with Gasteiger partial charge in [-0.1, -0.05) is 24.3 Å².